The fourth-order valence-electron chi connectivity index (χ4n) is 5.13. The number of amidine groups is 1. The van der Waals surface area contributed by atoms with Gasteiger partial charge in [-0.1, -0.05) is 0 Å². The summed E-state index contributed by atoms with van der Waals surface area (Å²) in [6.07, 6.45) is 6.60. The average Bonchev–Trinajstić information content (AvgIpc) is 2.89. The minimum atomic E-state index is -0.655. The normalized spacial score (nSPS) is 22.3. The van der Waals surface area contributed by atoms with Gasteiger partial charge in [0, 0.05) is 57.6 Å². The summed E-state index contributed by atoms with van der Waals surface area (Å²) in [4.78, 5) is 40.8. The van der Waals surface area contributed by atoms with Crippen molar-refractivity contribution in [3.63, 3.8) is 0 Å². The smallest absolute Gasteiger partial charge is 0.263 e. The summed E-state index contributed by atoms with van der Waals surface area (Å²) >= 11 is 0. The number of nitrogens with zero attached hydrogens (tertiary/aromatic N) is 5. The third kappa shape index (κ3) is 5.53. The first-order valence-corrected chi connectivity index (χ1v) is 12.8. The lowest BCUT2D eigenvalue weighted by Gasteiger charge is -2.43. The number of aromatic nitrogens is 1. The lowest BCUT2D eigenvalue weighted by atomic mass is 9.94. The maximum atomic E-state index is 13.3. The van der Waals surface area contributed by atoms with Crippen molar-refractivity contribution in [2.75, 3.05) is 62.7 Å². The highest BCUT2D eigenvalue weighted by Gasteiger charge is 2.34. The van der Waals surface area contributed by atoms with Crippen LogP contribution in [0.4, 0.5) is 15.8 Å². The Morgan fingerprint density at radius 1 is 1.16 bits per heavy atom. The Bertz CT molecular complexity index is 1180. The zero-order valence-corrected chi connectivity index (χ0v) is 21.0. The van der Waals surface area contributed by atoms with E-state index in [9.17, 15) is 14.0 Å². The van der Waals surface area contributed by atoms with Gasteiger partial charge in [-0.05, 0) is 18.9 Å². The number of halogens is 1. The van der Waals surface area contributed by atoms with E-state index in [1.807, 2.05) is 4.90 Å². The molecule has 1 aromatic heterocycles. The second-order valence-electron chi connectivity index (χ2n) is 9.73. The lowest BCUT2D eigenvalue weighted by molar-refractivity contribution is -0.140. The highest BCUT2D eigenvalue weighted by atomic mass is 19.1. The highest BCUT2D eigenvalue weighted by molar-refractivity contribution is 6.24. The quantitative estimate of drug-likeness (QED) is 0.237. The predicted molar refractivity (Wildman–Crippen MR) is 140 cm³/mol. The van der Waals surface area contributed by atoms with Crippen molar-refractivity contribution in [1.82, 2.24) is 20.1 Å². The molecule has 0 atom stereocenters. The van der Waals surface area contributed by atoms with E-state index in [0.717, 1.165) is 51.8 Å². The maximum Gasteiger partial charge on any atom is 0.263 e. The molecule has 3 fully saturated rings. The highest BCUT2D eigenvalue weighted by Crippen LogP contribution is 2.30. The summed E-state index contributed by atoms with van der Waals surface area (Å²) in [5.41, 5.74) is 6.64. The van der Waals surface area contributed by atoms with E-state index < -0.39 is 17.6 Å². The van der Waals surface area contributed by atoms with E-state index in [4.69, 9.17) is 15.9 Å². The first-order valence-electron chi connectivity index (χ1n) is 12.8. The molecule has 0 spiro atoms. The molecule has 202 valence electrons. The Morgan fingerprint density at radius 2 is 1.89 bits per heavy atom. The first-order chi connectivity index (χ1) is 18.4. The molecule has 5 heterocycles. The summed E-state index contributed by atoms with van der Waals surface area (Å²) in [6.45, 7) is 6.15. The predicted octanol–water partition coefficient (Wildman–Crippen LogP) is 0.412. The number of carbonyl (C=O) groups is 2. The van der Waals surface area contributed by atoms with Gasteiger partial charge in [0.2, 0.25) is 5.91 Å². The van der Waals surface area contributed by atoms with Gasteiger partial charge in [0.05, 0.1) is 43.0 Å². The molecule has 0 bridgehead atoms. The molecule has 0 aliphatic carbocycles. The van der Waals surface area contributed by atoms with Crippen LogP contribution in [0.3, 0.4) is 0 Å². The van der Waals surface area contributed by atoms with Crippen molar-refractivity contribution < 1.29 is 18.7 Å². The molecule has 2 amide bonds. The molecule has 5 rings (SSSR count). The first kappa shape index (κ1) is 25.8. The third-order valence-electron chi connectivity index (χ3n) is 7.39. The van der Waals surface area contributed by atoms with Gasteiger partial charge in [-0.25, -0.2) is 9.38 Å². The molecule has 4 aliphatic rings. The number of hydrogen-bond donors (Lipinski definition) is 4. The van der Waals surface area contributed by atoms with Gasteiger partial charge in [0.25, 0.3) is 5.91 Å². The summed E-state index contributed by atoms with van der Waals surface area (Å²) in [5, 5.41) is 13.2. The van der Waals surface area contributed by atoms with Crippen molar-refractivity contribution in [3.8, 4) is 0 Å². The number of piperidine rings is 1. The molecule has 38 heavy (non-hydrogen) atoms. The van der Waals surface area contributed by atoms with Crippen molar-refractivity contribution in [2.45, 2.75) is 18.9 Å². The molecule has 5 N–H and O–H groups in total. The number of nitrogens with one attached hydrogen (secondary N) is 3. The van der Waals surface area contributed by atoms with Crippen LogP contribution in [-0.4, -0.2) is 97.2 Å². The number of pyridine rings is 1. The Morgan fingerprint density at radius 3 is 2.50 bits per heavy atom. The second-order valence-corrected chi connectivity index (χ2v) is 9.73. The van der Waals surface area contributed by atoms with E-state index in [-0.39, 0.29) is 23.2 Å². The Kier molecular flexibility index (Phi) is 7.65. The van der Waals surface area contributed by atoms with Crippen molar-refractivity contribution in [3.05, 3.63) is 41.9 Å². The zero-order valence-electron chi connectivity index (χ0n) is 21.0. The van der Waals surface area contributed by atoms with E-state index >= 15 is 0 Å². The summed E-state index contributed by atoms with van der Waals surface area (Å²) in [5.74, 6) is -1.60. The topological polar surface area (TPSA) is 152 Å². The van der Waals surface area contributed by atoms with E-state index in [1.54, 1.807) is 18.5 Å². The largest absolute Gasteiger partial charge is 0.383 e. The number of anilines is 2. The van der Waals surface area contributed by atoms with Crippen LogP contribution in [0.25, 0.3) is 0 Å². The van der Waals surface area contributed by atoms with Crippen LogP contribution in [0, 0.1) is 11.3 Å². The van der Waals surface area contributed by atoms with Gasteiger partial charge >= 0.3 is 0 Å². The van der Waals surface area contributed by atoms with Gasteiger partial charge in [-0.15, -0.1) is 0 Å². The molecule has 4 aliphatic heterocycles. The van der Waals surface area contributed by atoms with Crippen LogP contribution in [0.15, 0.2) is 46.9 Å². The number of nitrogens with two attached hydrogens (primary N) is 1. The molecular weight excluding hydrogens is 493 g/mol. The van der Waals surface area contributed by atoms with Crippen molar-refractivity contribution >= 4 is 35.2 Å². The fraction of sp³-hybridized carbons (Fsp3) is 0.480. The molecule has 3 saturated heterocycles. The Hall–Kier alpha value is -3.84. The number of aliphatic imine (C=N–C) groups is 1. The molecule has 0 radical (unpaired) electrons. The molecular formula is C25H32FN9O3. The summed E-state index contributed by atoms with van der Waals surface area (Å²) in [6, 6.07) is 2.16. The van der Waals surface area contributed by atoms with Crippen molar-refractivity contribution in [1.29, 1.82) is 5.41 Å². The van der Waals surface area contributed by atoms with Gasteiger partial charge in [-0.2, -0.15) is 0 Å². The van der Waals surface area contributed by atoms with Crippen molar-refractivity contribution in [2.24, 2.45) is 16.6 Å². The second kappa shape index (κ2) is 11.3. The van der Waals surface area contributed by atoms with Gasteiger partial charge in [-0.3, -0.25) is 24.9 Å². The fourth-order valence-corrected chi connectivity index (χ4v) is 5.13. The molecule has 12 nitrogen and oxygen atoms in total. The number of amides is 2. The van der Waals surface area contributed by atoms with Gasteiger partial charge < -0.3 is 30.9 Å². The number of rotatable bonds is 6. The Balaban J connectivity index is 1.20. The average molecular weight is 526 g/mol. The maximum absolute atomic E-state index is 13.3. The third-order valence-corrected chi connectivity index (χ3v) is 7.39. The minimum absolute atomic E-state index is 0.0202. The van der Waals surface area contributed by atoms with E-state index in [0.29, 0.717) is 43.3 Å². The molecule has 0 aromatic carbocycles. The molecule has 13 heteroatoms. The number of carbonyl (C=O) groups excluding carboxylic acids is 2. The lowest BCUT2D eigenvalue weighted by Crippen LogP contribution is -2.58. The molecule has 0 unspecified atom stereocenters. The summed E-state index contributed by atoms with van der Waals surface area (Å²) in [7, 11) is 0. The van der Waals surface area contributed by atoms with Crippen LogP contribution >= 0.6 is 0 Å². The molecule has 0 saturated carbocycles. The van der Waals surface area contributed by atoms with E-state index in [1.165, 1.54) is 0 Å². The van der Waals surface area contributed by atoms with Crippen LogP contribution in [0.5, 0.6) is 0 Å². The van der Waals surface area contributed by atoms with Crippen LogP contribution in [-0.2, 0) is 14.3 Å². The number of hydrogen-bond acceptors (Lipinski definition) is 9. The summed E-state index contributed by atoms with van der Waals surface area (Å²) < 4.78 is 18.6. The van der Waals surface area contributed by atoms with Crippen LogP contribution in [0.2, 0.25) is 0 Å². The number of ether oxygens (including phenoxy) is 1. The zero-order chi connectivity index (χ0) is 26.6. The minimum Gasteiger partial charge on any atom is -0.383 e. The monoisotopic (exact) mass is 525 g/mol. The van der Waals surface area contributed by atoms with Gasteiger partial charge in [0.15, 0.2) is 5.83 Å². The SMILES string of the molecule is N=C(N)/C(C(=O)Nc1ccncc1N1CCC(C(=O)N2CCN(C3COC3)CC2)CC1)=C1/N=CC(F)=CN1. The number of allylic oxidation sites excluding steroid dienone is 1. The van der Waals surface area contributed by atoms with Crippen LogP contribution < -0.4 is 21.3 Å². The Labute approximate surface area is 219 Å². The standard InChI is InChI=1S/C25H32FN9O3/c26-17-11-30-23(31-12-17)21(22(27)28)24(36)32-19-1-4-29-13-20(19)34-5-2-16(3-6-34)25(37)35-9-7-33(8-10-35)18-14-38-15-18/h1,4,11-13,16,18,30H,2-3,5-10,14-15H2,(H3,27,28)(H,29,32,36)/b23-21-. The van der Waals surface area contributed by atoms with E-state index in [2.05, 4.69) is 30.4 Å². The number of piperazine rings is 1. The van der Waals surface area contributed by atoms with Crippen LogP contribution in [0.1, 0.15) is 12.8 Å². The van der Waals surface area contributed by atoms with Gasteiger partial charge in [0.1, 0.15) is 17.2 Å². The molecule has 1 aromatic rings.